The highest BCUT2D eigenvalue weighted by Gasteiger charge is 2.24. The van der Waals surface area contributed by atoms with Crippen molar-refractivity contribution < 1.29 is 5.11 Å². The van der Waals surface area contributed by atoms with E-state index in [9.17, 15) is 5.11 Å². The molecule has 1 atom stereocenters. The Hall–Kier alpha value is -1.14. The van der Waals surface area contributed by atoms with Gasteiger partial charge >= 0.3 is 0 Å². The zero-order chi connectivity index (χ0) is 11.8. The van der Waals surface area contributed by atoms with E-state index in [1.165, 1.54) is 0 Å². The van der Waals surface area contributed by atoms with Gasteiger partial charge in [-0.15, -0.1) is 5.10 Å². The monoisotopic (exact) mass is 225 g/mol. The molecule has 1 aliphatic heterocycles. The molecule has 2 rings (SSSR count). The third-order valence-corrected chi connectivity index (χ3v) is 2.70. The van der Waals surface area contributed by atoms with Gasteiger partial charge in [-0.25, -0.2) is 0 Å². The molecule has 6 nitrogen and oxygen atoms in total. The summed E-state index contributed by atoms with van der Waals surface area (Å²) >= 11 is 0. The molecule has 0 radical (unpaired) electrons. The third-order valence-electron chi connectivity index (χ3n) is 2.70. The normalized spacial score (nSPS) is 22.5. The first-order chi connectivity index (χ1) is 7.47. The van der Waals surface area contributed by atoms with Gasteiger partial charge in [-0.3, -0.25) is 5.10 Å². The van der Waals surface area contributed by atoms with Crippen LogP contribution in [0.2, 0.25) is 0 Å². The van der Waals surface area contributed by atoms with Crippen LogP contribution < -0.4 is 10.2 Å². The number of aliphatic hydroxyl groups is 1. The van der Waals surface area contributed by atoms with Crippen LogP contribution in [0.4, 0.5) is 5.95 Å². The topological polar surface area (TPSA) is 77.1 Å². The Morgan fingerprint density at radius 1 is 1.50 bits per heavy atom. The highest BCUT2D eigenvalue weighted by molar-refractivity contribution is 5.30. The number of hydrogen-bond donors (Lipinski definition) is 3. The second-order valence-corrected chi connectivity index (χ2v) is 4.84. The molecule has 1 aliphatic rings. The predicted octanol–water partition coefficient (Wildman–Crippen LogP) is -0.170. The van der Waals surface area contributed by atoms with Crippen LogP contribution in [-0.4, -0.2) is 46.0 Å². The van der Waals surface area contributed by atoms with Crippen molar-refractivity contribution in [1.82, 2.24) is 20.5 Å². The maximum absolute atomic E-state index is 9.79. The van der Waals surface area contributed by atoms with Gasteiger partial charge in [0.25, 0.3) is 0 Å². The van der Waals surface area contributed by atoms with Crippen LogP contribution in [0.15, 0.2) is 0 Å². The van der Waals surface area contributed by atoms with Crippen LogP contribution in [0.5, 0.6) is 0 Å². The molecule has 1 unspecified atom stereocenters. The van der Waals surface area contributed by atoms with Crippen LogP contribution in [0.1, 0.15) is 26.6 Å². The minimum atomic E-state index is -0.967. The first kappa shape index (κ1) is 11.3. The van der Waals surface area contributed by atoms with E-state index in [-0.39, 0.29) is 0 Å². The van der Waals surface area contributed by atoms with Crippen molar-refractivity contribution in [3.63, 3.8) is 0 Å². The summed E-state index contributed by atoms with van der Waals surface area (Å²) in [5.41, 5.74) is -0.967. The zero-order valence-corrected chi connectivity index (χ0v) is 9.99. The van der Waals surface area contributed by atoms with Gasteiger partial charge in [-0.2, -0.15) is 4.98 Å². The summed E-state index contributed by atoms with van der Waals surface area (Å²) in [7, 11) is 0. The van der Waals surface area contributed by atoms with Crippen molar-refractivity contribution in [2.24, 2.45) is 0 Å². The summed E-state index contributed by atoms with van der Waals surface area (Å²) in [6.45, 7) is 8.25. The van der Waals surface area contributed by atoms with Crippen molar-refractivity contribution in [1.29, 1.82) is 0 Å². The standard InChI is InChI=1S/C10H19N5O/c1-7-6-15(5-4-11-7)9-12-8(13-14-9)10(2,3)16/h7,11,16H,4-6H2,1-3H3,(H,12,13,14). The zero-order valence-electron chi connectivity index (χ0n) is 9.99. The second-order valence-electron chi connectivity index (χ2n) is 4.84. The lowest BCUT2D eigenvalue weighted by molar-refractivity contribution is 0.0691. The second kappa shape index (κ2) is 4.03. The molecule has 1 aromatic rings. The highest BCUT2D eigenvalue weighted by Crippen LogP contribution is 2.18. The average molecular weight is 225 g/mol. The fourth-order valence-electron chi connectivity index (χ4n) is 1.78. The number of hydrogen-bond acceptors (Lipinski definition) is 5. The van der Waals surface area contributed by atoms with Gasteiger partial charge in [0, 0.05) is 25.7 Å². The number of aromatic amines is 1. The first-order valence-corrected chi connectivity index (χ1v) is 5.60. The highest BCUT2D eigenvalue weighted by atomic mass is 16.3. The van der Waals surface area contributed by atoms with Gasteiger partial charge in [0.1, 0.15) is 5.60 Å². The molecule has 0 spiro atoms. The number of H-pyrrole nitrogens is 1. The Morgan fingerprint density at radius 3 is 2.81 bits per heavy atom. The summed E-state index contributed by atoms with van der Waals surface area (Å²) in [4.78, 5) is 6.44. The van der Waals surface area contributed by atoms with Crippen LogP contribution in [0, 0.1) is 0 Å². The largest absolute Gasteiger partial charge is 0.382 e. The Kier molecular flexibility index (Phi) is 2.86. The van der Waals surface area contributed by atoms with E-state index in [0.717, 1.165) is 19.6 Å². The van der Waals surface area contributed by atoms with Gasteiger partial charge < -0.3 is 15.3 Å². The molecule has 16 heavy (non-hydrogen) atoms. The Labute approximate surface area is 95.1 Å². The molecule has 0 bridgehead atoms. The van der Waals surface area contributed by atoms with E-state index < -0.39 is 5.60 Å². The maximum atomic E-state index is 9.79. The molecule has 0 amide bonds. The Morgan fingerprint density at radius 2 is 2.25 bits per heavy atom. The van der Waals surface area contributed by atoms with Gasteiger partial charge in [0.2, 0.25) is 5.95 Å². The average Bonchev–Trinajstić information content (AvgIpc) is 2.65. The van der Waals surface area contributed by atoms with Crippen LogP contribution >= 0.6 is 0 Å². The summed E-state index contributed by atoms with van der Waals surface area (Å²) in [6, 6.07) is 0.442. The molecule has 1 fully saturated rings. The lowest BCUT2D eigenvalue weighted by Crippen LogP contribution is -2.49. The van der Waals surface area contributed by atoms with E-state index in [4.69, 9.17) is 0 Å². The quantitative estimate of drug-likeness (QED) is 0.651. The maximum Gasteiger partial charge on any atom is 0.244 e. The van der Waals surface area contributed by atoms with Crippen molar-refractivity contribution in [2.45, 2.75) is 32.4 Å². The third kappa shape index (κ3) is 2.33. The van der Waals surface area contributed by atoms with Gasteiger partial charge in [0.15, 0.2) is 5.82 Å². The molecule has 1 aromatic heterocycles. The molecular weight excluding hydrogens is 206 g/mol. The van der Waals surface area contributed by atoms with Crippen LogP contribution in [-0.2, 0) is 5.60 Å². The van der Waals surface area contributed by atoms with Crippen molar-refractivity contribution >= 4 is 5.95 Å². The summed E-state index contributed by atoms with van der Waals surface area (Å²) in [6.07, 6.45) is 0. The van der Waals surface area contributed by atoms with Gasteiger partial charge in [0.05, 0.1) is 0 Å². The Bertz CT molecular complexity index is 356. The minimum Gasteiger partial charge on any atom is -0.382 e. The lowest BCUT2D eigenvalue weighted by atomic mass is 10.1. The molecule has 3 N–H and O–H groups in total. The molecule has 1 saturated heterocycles. The van der Waals surface area contributed by atoms with Crippen LogP contribution in [0.3, 0.4) is 0 Å². The van der Waals surface area contributed by atoms with Crippen molar-refractivity contribution in [2.75, 3.05) is 24.5 Å². The number of nitrogens with zero attached hydrogens (tertiary/aromatic N) is 3. The molecule has 0 saturated carbocycles. The summed E-state index contributed by atoms with van der Waals surface area (Å²) in [5, 5.41) is 20.1. The number of piperazine rings is 1. The molecular formula is C10H19N5O. The smallest absolute Gasteiger partial charge is 0.244 e. The number of aromatic nitrogens is 3. The SMILES string of the molecule is CC1CN(c2n[nH]c(C(C)(C)O)n2)CCN1. The molecule has 2 heterocycles. The van der Waals surface area contributed by atoms with E-state index >= 15 is 0 Å². The van der Waals surface area contributed by atoms with E-state index in [0.29, 0.717) is 17.8 Å². The van der Waals surface area contributed by atoms with Crippen molar-refractivity contribution in [3.05, 3.63) is 5.82 Å². The fourth-order valence-corrected chi connectivity index (χ4v) is 1.78. The number of rotatable bonds is 2. The first-order valence-electron chi connectivity index (χ1n) is 5.60. The summed E-state index contributed by atoms with van der Waals surface area (Å²) in [5.74, 6) is 1.18. The van der Waals surface area contributed by atoms with E-state index in [1.807, 2.05) is 0 Å². The number of anilines is 1. The lowest BCUT2D eigenvalue weighted by Gasteiger charge is -2.30. The summed E-state index contributed by atoms with van der Waals surface area (Å²) < 4.78 is 0. The van der Waals surface area contributed by atoms with Gasteiger partial charge in [-0.1, -0.05) is 0 Å². The minimum absolute atomic E-state index is 0.442. The molecule has 90 valence electrons. The van der Waals surface area contributed by atoms with Crippen LogP contribution in [0.25, 0.3) is 0 Å². The van der Waals surface area contributed by atoms with Crippen molar-refractivity contribution in [3.8, 4) is 0 Å². The number of nitrogens with one attached hydrogen (secondary N) is 2. The van der Waals surface area contributed by atoms with E-state index in [1.54, 1.807) is 13.8 Å². The Balaban J connectivity index is 2.12. The molecule has 0 aromatic carbocycles. The van der Waals surface area contributed by atoms with E-state index in [2.05, 4.69) is 32.3 Å². The predicted molar refractivity (Wildman–Crippen MR) is 61.3 cm³/mol. The molecule has 0 aliphatic carbocycles. The van der Waals surface area contributed by atoms with Gasteiger partial charge in [-0.05, 0) is 20.8 Å². The fraction of sp³-hybridized carbons (Fsp3) is 0.800. The molecule has 6 heteroatoms.